The number of hydrogen-bond acceptors (Lipinski definition) is 3. The van der Waals surface area contributed by atoms with E-state index in [1.807, 2.05) is 0 Å². The monoisotopic (exact) mass is 255 g/mol. The lowest BCUT2D eigenvalue weighted by molar-refractivity contribution is -0.123. The molecule has 2 N–H and O–H groups in total. The van der Waals surface area contributed by atoms with Crippen molar-refractivity contribution in [3.8, 4) is 0 Å². The molecular formula is C14H29N3O. The van der Waals surface area contributed by atoms with E-state index in [0.29, 0.717) is 12.5 Å². The van der Waals surface area contributed by atoms with E-state index in [4.69, 9.17) is 0 Å². The van der Waals surface area contributed by atoms with Gasteiger partial charge in [0.2, 0.25) is 5.91 Å². The van der Waals surface area contributed by atoms with Crippen LogP contribution in [0.3, 0.4) is 0 Å². The molecule has 18 heavy (non-hydrogen) atoms. The summed E-state index contributed by atoms with van der Waals surface area (Å²) in [5, 5.41) is 6.51. The van der Waals surface area contributed by atoms with Gasteiger partial charge < -0.3 is 15.5 Å². The molecule has 1 saturated heterocycles. The maximum atomic E-state index is 12.0. The van der Waals surface area contributed by atoms with Crippen LogP contribution in [0.1, 0.15) is 40.0 Å². The minimum Gasteiger partial charge on any atom is -0.353 e. The Hall–Kier alpha value is -0.610. The van der Waals surface area contributed by atoms with Crippen LogP contribution in [0.25, 0.3) is 0 Å². The summed E-state index contributed by atoms with van der Waals surface area (Å²) in [5.74, 6) is 0.175. The van der Waals surface area contributed by atoms with Crippen molar-refractivity contribution in [2.24, 2.45) is 5.41 Å². The molecule has 0 aromatic heterocycles. The smallest absolute Gasteiger partial charge is 0.221 e. The standard InChI is InChI=1S/C14H29N3O/c1-11(14(2,3)10-17(4)5)16-13(18)9-12-7-6-8-15-12/h11-12,15H,6-10H2,1-5H3,(H,16,18). The van der Waals surface area contributed by atoms with Crippen LogP contribution in [-0.4, -0.2) is 50.1 Å². The quantitative estimate of drug-likeness (QED) is 0.750. The first kappa shape index (κ1) is 15.4. The fourth-order valence-electron chi connectivity index (χ4n) is 2.60. The van der Waals surface area contributed by atoms with Crippen molar-refractivity contribution < 1.29 is 4.79 Å². The molecule has 1 rings (SSSR count). The van der Waals surface area contributed by atoms with Crippen molar-refractivity contribution in [1.29, 1.82) is 0 Å². The van der Waals surface area contributed by atoms with E-state index in [0.717, 1.165) is 19.5 Å². The maximum absolute atomic E-state index is 12.0. The average molecular weight is 255 g/mol. The topological polar surface area (TPSA) is 44.4 Å². The van der Waals surface area contributed by atoms with Gasteiger partial charge in [-0.1, -0.05) is 13.8 Å². The molecule has 0 aromatic carbocycles. The van der Waals surface area contributed by atoms with Gasteiger partial charge in [-0.15, -0.1) is 0 Å². The summed E-state index contributed by atoms with van der Waals surface area (Å²) < 4.78 is 0. The Bertz CT molecular complexity index is 270. The third kappa shape index (κ3) is 4.94. The second-order valence-electron chi connectivity index (χ2n) is 6.51. The predicted octanol–water partition coefficient (Wildman–Crippen LogP) is 1.22. The number of hydrogen-bond donors (Lipinski definition) is 2. The van der Waals surface area contributed by atoms with E-state index in [1.54, 1.807) is 0 Å². The van der Waals surface area contributed by atoms with Crippen LogP contribution in [0.5, 0.6) is 0 Å². The second kappa shape index (κ2) is 6.53. The van der Waals surface area contributed by atoms with Gasteiger partial charge in [0.1, 0.15) is 0 Å². The van der Waals surface area contributed by atoms with E-state index in [1.165, 1.54) is 6.42 Å². The van der Waals surface area contributed by atoms with Gasteiger partial charge in [-0.05, 0) is 45.8 Å². The zero-order chi connectivity index (χ0) is 13.8. The summed E-state index contributed by atoms with van der Waals surface area (Å²) in [5.41, 5.74) is 0.0856. The van der Waals surface area contributed by atoms with E-state index >= 15 is 0 Å². The van der Waals surface area contributed by atoms with Crippen LogP contribution in [0.4, 0.5) is 0 Å². The highest BCUT2D eigenvalue weighted by molar-refractivity contribution is 5.77. The first-order chi connectivity index (χ1) is 8.31. The van der Waals surface area contributed by atoms with Crippen LogP contribution in [0, 0.1) is 5.41 Å². The molecule has 4 nitrogen and oxygen atoms in total. The fraction of sp³-hybridized carbons (Fsp3) is 0.929. The molecule has 4 heteroatoms. The van der Waals surface area contributed by atoms with Gasteiger partial charge in [-0.2, -0.15) is 0 Å². The number of carbonyl (C=O) groups excluding carboxylic acids is 1. The normalized spacial score (nSPS) is 22.2. The average Bonchev–Trinajstić information content (AvgIpc) is 2.67. The van der Waals surface area contributed by atoms with Crippen LogP contribution < -0.4 is 10.6 Å². The molecule has 0 saturated carbocycles. The summed E-state index contributed by atoms with van der Waals surface area (Å²) in [6.07, 6.45) is 2.94. The van der Waals surface area contributed by atoms with Crippen LogP contribution in [0.15, 0.2) is 0 Å². The summed E-state index contributed by atoms with van der Waals surface area (Å²) in [4.78, 5) is 14.1. The van der Waals surface area contributed by atoms with E-state index < -0.39 is 0 Å². The van der Waals surface area contributed by atoms with Crippen molar-refractivity contribution in [2.75, 3.05) is 27.2 Å². The number of nitrogens with zero attached hydrogens (tertiary/aromatic N) is 1. The molecule has 0 spiro atoms. The molecule has 0 radical (unpaired) electrons. The first-order valence-electron chi connectivity index (χ1n) is 6.99. The SMILES string of the molecule is CC(NC(=O)CC1CCCN1)C(C)(C)CN(C)C. The third-order valence-corrected chi connectivity index (χ3v) is 3.87. The third-order valence-electron chi connectivity index (χ3n) is 3.87. The minimum absolute atomic E-state index is 0.0856. The molecular weight excluding hydrogens is 226 g/mol. The first-order valence-corrected chi connectivity index (χ1v) is 6.99. The molecule has 2 atom stereocenters. The highest BCUT2D eigenvalue weighted by Gasteiger charge is 2.28. The van der Waals surface area contributed by atoms with Gasteiger partial charge in [0.05, 0.1) is 0 Å². The van der Waals surface area contributed by atoms with Crippen LogP contribution in [-0.2, 0) is 4.79 Å². The van der Waals surface area contributed by atoms with Crippen molar-refractivity contribution in [2.45, 2.75) is 52.1 Å². The minimum atomic E-state index is 0.0856. The summed E-state index contributed by atoms with van der Waals surface area (Å²) >= 11 is 0. The molecule has 1 aliphatic heterocycles. The number of carbonyl (C=O) groups is 1. The lowest BCUT2D eigenvalue weighted by atomic mass is 9.85. The maximum Gasteiger partial charge on any atom is 0.221 e. The Labute approximate surface area is 111 Å². The molecule has 106 valence electrons. The van der Waals surface area contributed by atoms with Crippen molar-refractivity contribution in [3.63, 3.8) is 0 Å². The van der Waals surface area contributed by atoms with E-state index in [9.17, 15) is 4.79 Å². The lowest BCUT2D eigenvalue weighted by Crippen LogP contribution is -2.48. The van der Waals surface area contributed by atoms with Gasteiger partial charge >= 0.3 is 0 Å². The highest BCUT2D eigenvalue weighted by atomic mass is 16.1. The molecule has 0 bridgehead atoms. The van der Waals surface area contributed by atoms with E-state index in [-0.39, 0.29) is 17.4 Å². The van der Waals surface area contributed by atoms with Gasteiger partial charge in [0.15, 0.2) is 0 Å². The fourth-order valence-corrected chi connectivity index (χ4v) is 2.60. The van der Waals surface area contributed by atoms with Gasteiger partial charge in [0, 0.05) is 25.0 Å². The Morgan fingerprint density at radius 1 is 1.50 bits per heavy atom. The van der Waals surface area contributed by atoms with Gasteiger partial charge in [-0.25, -0.2) is 0 Å². The highest BCUT2D eigenvalue weighted by Crippen LogP contribution is 2.21. The molecule has 0 aromatic rings. The number of amides is 1. The Balaban J connectivity index is 2.37. The molecule has 1 heterocycles. The number of nitrogens with one attached hydrogen (secondary N) is 2. The largest absolute Gasteiger partial charge is 0.353 e. The van der Waals surface area contributed by atoms with Crippen LogP contribution in [0.2, 0.25) is 0 Å². The predicted molar refractivity (Wildman–Crippen MR) is 75.6 cm³/mol. The molecule has 1 aliphatic rings. The molecule has 2 unspecified atom stereocenters. The zero-order valence-electron chi connectivity index (χ0n) is 12.5. The van der Waals surface area contributed by atoms with E-state index in [2.05, 4.69) is 50.4 Å². The Kier molecular flexibility index (Phi) is 5.60. The zero-order valence-corrected chi connectivity index (χ0v) is 12.5. The summed E-state index contributed by atoms with van der Waals surface area (Å²) in [6, 6.07) is 0.572. The Morgan fingerprint density at radius 3 is 2.67 bits per heavy atom. The second-order valence-corrected chi connectivity index (χ2v) is 6.51. The Morgan fingerprint density at radius 2 is 2.17 bits per heavy atom. The van der Waals surface area contributed by atoms with Crippen molar-refractivity contribution in [3.05, 3.63) is 0 Å². The molecule has 1 amide bonds. The van der Waals surface area contributed by atoms with Gasteiger partial charge in [0.25, 0.3) is 0 Å². The van der Waals surface area contributed by atoms with Crippen molar-refractivity contribution in [1.82, 2.24) is 15.5 Å². The molecule has 1 fully saturated rings. The summed E-state index contributed by atoms with van der Waals surface area (Å²) in [6.45, 7) is 8.52. The van der Waals surface area contributed by atoms with Gasteiger partial charge in [-0.3, -0.25) is 4.79 Å². The van der Waals surface area contributed by atoms with Crippen LogP contribution >= 0.6 is 0 Å². The molecule has 0 aliphatic carbocycles. The lowest BCUT2D eigenvalue weighted by Gasteiger charge is -2.35. The van der Waals surface area contributed by atoms with Crippen molar-refractivity contribution >= 4 is 5.91 Å². The number of rotatable bonds is 6. The summed E-state index contributed by atoms with van der Waals surface area (Å²) in [7, 11) is 4.14.